The van der Waals surface area contributed by atoms with Crippen molar-refractivity contribution in [2.24, 2.45) is 0 Å². The third-order valence-corrected chi connectivity index (χ3v) is 7.08. The summed E-state index contributed by atoms with van der Waals surface area (Å²) in [6, 6.07) is 10.6. The number of aromatic hydroxyl groups is 1. The Morgan fingerprint density at radius 2 is 1.81 bits per heavy atom. The van der Waals surface area contributed by atoms with Gasteiger partial charge in [0.05, 0.1) is 0 Å². The summed E-state index contributed by atoms with van der Waals surface area (Å²) in [6.45, 7) is 3.86. The first-order valence-corrected chi connectivity index (χ1v) is 9.26. The van der Waals surface area contributed by atoms with Crippen molar-refractivity contribution in [1.29, 1.82) is 0 Å². The molecule has 3 atom stereocenters. The highest BCUT2D eigenvalue weighted by Gasteiger charge is 2.72. The minimum absolute atomic E-state index is 0.126. The second kappa shape index (κ2) is 5.85. The molecule has 6 heteroatoms. The Bertz CT molecular complexity index is 1050. The van der Waals surface area contributed by atoms with Crippen LogP contribution in [0.1, 0.15) is 17.9 Å². The van der Waals surface area contributed by atoms with E-state index in [9.17, 15) is 14.7 Å². The van der Waals surface area contributed by atoms with Crippen molar-refractivity contribution in [2.45, 2.75) is 22.1 Å². The van der Waals surface area contributed by atoms with Crippen molar-refractivity contribution in [3.8, 4) is 5.75 Å². The van der Waals surface area contributed by atoms with Gasteiger partial charge in [-0.1, -0.05) is 49.1 Å². The standard InChI is InChI=1S/C21H17Cl2NO3/c1-3-12-10-11-20(22)18(26)24(2)19(27)21(20,23)17(12)15-8-9-16(25)14-7-5-4-6-13(14)15/h3-10,17,25H,1,11H2,2H3/t17-,20-,21+/m1/s1. The number of phenolic OH excluding ortho intramolecular Hbond substituents is 1. The highest BCUT2D eigenvalue weighted by molar-refractivity contribution is 6.53. The van der Waals surface area contributed by atoms with Crippen molar-refractivity contribution in [2.75, 3.05) is 7.05 Å². The molecule has 0 spiro atoms. The summed E-state index contributed by atoms with van der Waals surface area (Å²) in [6.07, 6.45) is 3.60. The van der Waals surface area contributed by atoms with E-state index in [1.54, 1.807) is 24.3 Å². The summed E-state index contributed by atoms with van der Waals surface area (Å²) >= 11 is 13.7. The first kappa shape index (κ1) is 18.1. The normalized spacial score (nSPS) is 30.4. The molecule has 2 aromatic rings. The van der Waals surface area contributed by atoms with E-state index >= 15 is 0 Å². The highest BCUT2D eigenvalue weighted by Crippen LogP contribution is 2.59. The van der Waals surface area contributed by atoms with Gasteiger partial charge in [-0.2, -0.15) is 0 Å². The molecule has 1 saturated heterocycles. The Morgan fingerprint density at radius 3 is 2.48 bits per heavy atom. The summed E-state index contributed by atoms with van der Waals surface area (Å²) in [5, 5.41) is 11.6. The Morgan fingerprint density at radius 1 is 1.15 bits per heavy atom. The molecule has 138 valence electrons. The molecule has 2 aliphatic rings. The number of phenols is 1. The molecule has 4 nitrogen and oxygen atoms in total. The molecule has 1 heterocycles. The number of hydrogen-bond acceptors (Lipinski definition) is 3. The summed E-state index contributed by atoms with van der Waals surface area (Å²) in [7, 11) is 1.40. The summed E-state index contributed by atoms with van der Waals surface area (Å²) in [5.41, 5.74) is 1.44. The van der Waals surface area contributed by atoms with E-state index in [1.165, 1.54) is 7.05 Å². The maximum atomic E-state index is 13.1. The second-order valence-electron chi connectivity index (χ2n) is 6.95. The Hall–Kier alpha value is -2.30. The summed E-state index contributed by atoms with van der Waals surface area (Å²) in [5.74, 6) is -1.59. The Kier molecular flexibility index (Phi) is 3.92. The highest BCUT2D eigenvalue weighted by atomic mass is 35.5. The van der Waals surface area contributed by atoms with Crippen LogP contribution in [0.4, 0.5) is 0 Å². The van der Waals surface area contributed by atoms with Gasteiger partial charge in [-0.3, -0.25) is 14.5 Å². The van der Waals surface area contributed by atoms with Gasteiger partial charge in [-0.15, -0.1) is 23.2 Å². The molecule has 0 bridgehead atoms. The van der Waals surface area contributed by atoms with Crippen LogP contribution in [-0.4, -0.2) is 38.6 Å². The average Bonchev–Trinajstić information content (AvgIpc) is 2.81. The van der Waals surface area contributed by atoms with Gasteiger partial charge in [0.25, 0.3) is 11.8 Å². The number of allylic oxidation sites excluding steroid dienone is 3. The number of carbonyl (C=O) groups excluding carboxylic acids is 2. The molecule has 2 amide bonds. The molecule has 1 N–H and O–H groups in total. The minimum Gasteiger partial charge on any atom is -0.507 e. The quantitative estimate of drug-likeness (QED) is 0.608. The maximum absolute atomic E-state index is 13.1. The molecule has 1 aliphatic carbocycles. The first-order chi connectivity index (χ1) is 12.8. The maximum Gasteiger partial charge on any atom is 0.253 e. The molecule has 1 fully saturated rings. The number of imide groups is 1. The van der Waals surface area contributed by atoms with Gasteiger partial charge in [-0.25, -0.2) is 0 Å². The van der Waals surface area contributed by atoms with E-state index < -0.39 is 27.5 Å². The van der Waals surface area contributed by atoms with Crippen LogP contribution in [-0.2, 0) is 9.59 Å². The van der Waals surface area contributed by atoms with Crippen LogP contribution in [0.2, 0.25) is 0 Å². The fourth-order valence-electron chi connectivity index (χ4n) is 4.27. The van der Waals surface area contributed by atoms with Crippen LogP contribution in [0.15, 0.2) is 60.7 Å². The lowest BCUT2D eigenvalue weighted by Gasteiger charge is -2.42. The van der Waals surface area contributed by atoms with Crippen LogP contribution in [0.25, 0.3) is 10.8 Å². The van der Waals surface area contributed by atoms with E-state index in [0.717, 1.165) is 15.9 Å². The Labute approximate surface area is 166 Å². The fourth-order valence-corrected chi connectivity index (χ4v) is 5.20. The molecule has 0 unspecified atom stereocenters. The van der Waals surface area contributed by atoms with Crippen molar-refractivity contribution in [3.63, 3.8) is 0 Å². The lowest BCUT2D eigenvalue weighted by atomic mass is 9.68. The molecule has 2 aromatic carbocycles. The predicted molar refractivity (Wildman–Crippen MR) is 106 cm³/mol. The van der Waals surface area contributed by atoms with Gasteiger partial charge >= 0.3 is 0 Å². The molecular weight excluding hydrogens is 385 g/mol. The SMILES string of the molecule is C=CC1=CC[C@@]2(Cl)C(=O)N(C)C(=O)[C@@]2(Cl)[C@H]1c1ccc(O)c2ccccc12. The lowest BCUT2D eigenvalue weighted by molar-refractivity contribution is -0.137. The first-order valence-electron chi connectivity index (χ1n) is 8.51. The third-order valence-electron chi connectivity index (χ3n) is 5.67. The van der Waals surface area contributed by atoms with Crippen molar-refractivity contribution in [1.82, 2.24) is 4.90 Å². The van der Waals surface area contributed by atoms with Gasteiger partial charge in [0.1, 0.15) is 5.75 Å². The van der Waals surface area contributed by atoms with E-state index in [2.05, 4.69) is 6.58 Å². The zero-order chi connectivity index (χ0) is 19.6. The molecule has 4 rings (SSSR count). The second-order valence-corrected chi connectivity index (χ2v) is 8.19. The van der Waals surface area contributed by atoms with E-state index in [-0.39, 0.29) is 12.2 Å². The number of nitrogens with zero attached hydrogens (tertiary/aromatic N) is 1. The number of halogens is 2. The average molecular weight is 402 g/mol. The number of carbonyl (C=O) groups is 2. The van der Waals surface area contributed by atoms with Gasteiger partial charge < -0.3 is 5.11 Å². The van der Waals surface area contributed by atoms with E-state index in [4.69, 9.17) is 23.2 Å². The van der Waals surface area contributed by atoms with Crippen LogP contribution in [0.5, 0.6) is 5.75 Å². The van der Waals surface area contributed by atoms with Crippen LogP contribution in [0.3, 0.4) is 0 Å². The van der Waals surface area contributed by atoms with E-state index in [0.29, 0.717) is 10.9 Å². The Balaban J connectivity index is 2.07. The zero-order valence-electron chi connectivity index (χ0n) is 14.6. The number of alkyl halides is 2. The molecule has 1 aliphatic heterocycles. The fraction of sp³-hybridized carbons (Fsp3) is 0.238. The number of benzene rings is 2. The summed E-state index contributed by atoms with van der Waals surface area (Å²) < 4.78 is 0. The lowest BCUT2D eigenvalue weighted by Crippen LogP contribution is -2.54. The largest absolute Gasteiger partial charge is 0.507 e. The minimum atomic E-state index is -1.68. The monoisotopic (exact) mass is 401 g/mol. The smallest absolute Gasteiger partial charge is 0.253 e. The zero-order valence-corrected chi connectivity index (χ0v) is 16.1. The predicted octanol–water partition coefficient (Wildman–Crippen LogP) is 4.10. The van der Waals surface area contributed by atoms with Gasteiger partial charge in [0.2, 0.25) is 0 Å². The van der Waals surface area contributed by atoms with Crippen LogP contribution < -0.4 is 0 Å². The van der Waals surface area contributed by atoms with Gasteiger partial charge in [-0.05, 0) is 29.0 Å². The van der Waals surface area contributed by atoms with Crippen molar-refractivity contribution >= 4 is 45.8 Å². The van der Waals surface area contributed by atoms with E-state index in [1.807, 2.05) is 24.3 Å². The molecular formula is C21H17Cl2NO3. The van der Waals surface area contributed by atoms with Crippen molar-refractivity contribution in [3.05, 3.63) is 66.3 Å². The van der Waals surface area contributed by atoms with Gasteiger partial charge in [0.15, 0.2) is 9.75 Å². The number of likely N-dealkylation sites (tertiary alicyclic amines) is 1. The topological polar surface area (TPSA) is 57.6 Å². The van der Waals surface area contributed by atoms with Crippen molar-refractivity contribution < 1.29 is 14.7 Å². The molecule has 0 saturated carbocycles. The number of fused-ring (bicyclic) bond motifs is 2. The van der Waals surface area contributed by atoms with Crippen LogP contribution in [0, 0.1) is 0 Å². The number of amides is 2. The molecule has 0 radical (unpaired) electrons. The molecule has 27 heavy (non-hydrogen) atoms. The number of hydrogen-bond donors (Lipinski definition) is 1. The summed E-state index contributed by atoms with van der Waals surface area (Å²) in [4.78, 5) is 23.6. The number of rotatable bonds is 2. The van der Waals surface area contributed by atoms with Gasteiger partial charge in [0, 0.05) is 18.4 Å². The molecule has 0 aromatic heterocycles. The van der Waals surface area contributed by atoms with Crippen LogP contribution >= 0.6 is 23.2 Å². The third kappa shape index (κ3) is 2.11.